The topological polar surface area (TPSA) is 26.0 Å². The quantitative estimate of drug-likeness (QED) is 0.819. The Labute approximate surface area is 101 Å². The van der Waals surface area contributed by atoms with Gasteiger partial charge in [0.2, 0.25) is 0 Å². The predicted octanol–water partition coefficient (Wildman–Crippen LogP) is 3.29. The van der Waals surface area contributed by atoms with Gasteiger partial charge in [-0.3, -0.25) is 0 Å². The maximum atomic E-state index is 13.5. The Hall–Kier alpha value is -1.88. The zero-order chi connectivity index (χ0) is 13.3. The SMILES string of the molecule is NC(c1cc(F)cc(F)c1)c1cccc(F)c1F. The van der Waals surface area contributed by atoms with Gasteiger partial charge in [-0.25, -0.2) is 17.6 Å². The van der Waals surface area contributed by atoms with E-state index in [1.54, 1.807) is 0 Å². The second-order valence-electron chi connectivity index (χ2n) is 3.82. The van der Waals surface area contributed by atoms with Gasteiger partial charge in [0.15, 0.2) is 11.6 Å². The third-order valence-corrected chi connectivity index (χ3v) is 2.56. The molecule has 18 heavy (non-hydrogen) atoms. The van der Waals surface area contributed by atoms with Crippen LogP contribution in [0.1, 0.15) is 17.2 Å². The van der Waals surface area contributed by atoms with E-state index >= 15 is 0 Å². The fraction of sp³-hybridized carbons (Fsp3) is 0.0769. The van der Waals surface area contributed by atoms with Crippen LogP contribution in [0.3, 0.4) is 0 Å². The van der Waals surface area contributed by atoms with Gasteiger partial charge >= 0.3 is 0 Å². The number of hydrogen-bond acceptors (Lipinski definition) is 1. The molecule has 0 aliphatic heterocycles. The summed E-state index contributed by atoms with van der Waals surface area (Å²) in [6.07, 6.45) is 0. The van der Waals surface area contributed by atoms with E-state index in [0.717, 1.165) is 18.2 Å². The van der Waals surface area contributed by atoms with E-state index in [1.807, 2.05) is 0 Å². The number of benzene rings is 2. The van der Waals surface area contributed by atoms with Gasteiger partial charge < -0.3 is 5.73 Å². The van der Waals surface area contributed by atoms with Crippen molar-refractivity contribution in [2.45, 2.75) is 6.04 Å². The standard InChI is InChI=1S/C13H9F4N/c14-8-4-7(5-9(15)6-8)13(18)10-2-1-3-11(16)12(10)17/h1-6,13H,18H2. The Morgan fingerprint density at radius 1 is 0.889 bits per heavy atom. The molecular weight excluding hydrogens is 246 g/mol. The Morgan fingerprint density at radius 2 is 1.50 bits per heavy atom. The molecule has 0 radical (unpaired) electrons. The van der Waals surface area contributed by atoms with Gasteiger partial charge in [-0.15, -0.1) is 0 Å². The minimum Gasteiger partial charge on any atom is -0.320 e. The van der Waals surface area contributed by atoms with Crippen molar-refractivity contribution in [2.75, 3.05) is 0 Å². The maximum Gasteiger partial charge on any atom is 0.163 e. The van der Waals surface area contributed by atoms with E-state index in [9.17, 15) is 17.6 Å². The highest BCUT2D eigenvalue weighted by Crippen LogP contribution is 2.24. The average Bonchev–Trinajstić information content (AvgIpc) is 2.30. The van der Waals surface area contributed by atoms with Crippen LogP contribution < -0.4 is 5.73 Å². The van der Waals surface area contributed by atoms with Crippen molar-refractivity contribution in [1.82, 2.24) is 0 Å². The summed E-state index contributed by atoms with van der Waals surface area (Å²) in [6.45, 7) is 0. The first-order valence-electron chi connectivity index (χ1n) is 5.14. The fourth-order valence-corrected chi connectivity index (χ4v) is 1.69. The molecule has 2 N–H and O–H groups in total. The molecule has 1 nitrogen and oxygen atoms in total. The van der Waals surface area contributed by atoms with Crippen molar-refractivity contribution in [3.8, 4) is 0 Å². The van der Waals surface area contributed by atoms with Crippen LogP contribution in [0.4, 0.5) is 17.6 Å². The Kier molecular flexibility index (Phi) is 3.34. The molecule has 2 aromatic rings. The molecule has 0 aromatic heterocycles. The smallest absolute Gasteiger partial charge is 0.163 e. The summed E-state index contributed by atoms with van der Waals surface area (Å²) in [5.74, 6) is -3.82. The summed E-state index contributed by atoms with van der Waals surface area (Å²) < 4.78 is 52.6. The van der Waals surface area contributed by atoms with E-state index in [1.165, 1.54) is 12.1 Å². The molecule has 0 saturated heterocycles. The van der Waals surface area contributed by atoms with Gasteiger partial charge in [0.05, 0.1) is 6.04 Å². The van der Waals surface area contributed by atoms with E-state index in [0.29, 0.717) is 6.07 Å². The van der Waals surface area contributed by atoms with Crippen molar-refractivity contribution >= 4 is 0 Å². The molecule has 0 spiro atoms. The highest BCUT2D eigenvalue weighted by atomic mass is 19.2. The number of nitrogens with two attached hydrogens (primary N) is 1. The Morgan fingerprint density at radius 3 is 2.11 bits per heavy atom. The lowest BCUT2D eigenvalue weighted by molar-refractivity contribution is 0.494. The zero-order valence-corrected chi connectivity index (χ0v) is 9.13. The number of hydrogen-bond donors (Lipinski definition) is 1. The van der Waals surface area contributed by atoms with Gasteiger partial charge in [-0.05, 0) is 23.8 Å². The molecule has 0 bridgehead atoms. The predicted molar refractivity (Wildman–Crippen MR) is 58.7 cm³/mol. The molecule has 94 valence electrons. The fourth-order valence-electron chi connectivity index (χ4n) is 1.69. The molecule has 1 unspecified atom stereocenters. The minimum atomic E-state index is -1.13. The molecular formula is C13H9F4N. The van der Waals surface area contributed by atoms with Crippen LogP contribution in [-0.4, -0.2) is 0 Å². The summed E-state index contributed by atoms with van der Waals surface area (Å²) in [6, 6.07) is 5.01. The average molecular weight is 255 g/mol. The second-order valence-corrected chi connectivity index (χ2v) is 3.82. The summed E-state index contributed by atoms with van der Waals surface area (Å²) >= 11 is 0. The summed E-state index contributed by atoms with van der Waals surface area (Å²) in [5, 5.41) is 0. The molecule has 0 saturated carbocycles. The first-order valence-corrected chi connectivity index (χ1v) is 5.14. The van der Waals surface area contributed by atoms with E-state index in [4.69, 9.17) is 5.73 Å². The lowest BCUT2D eigenvalue weighted by Gasteiger charge is -2.14. The molecule has 5 heteroatoms. The van der Waals surface area contributed by atoms with Gasteiger partial charge in [0.1, 0.15) is 11.6 Å². The lowest BCUT2D eigenvalue weighted by Crippen LogP contribution is -2.15. The Bertz CT molecular complexity index is 563. The van der Waals surface area contributed by atoms with Crippen LogP contribution in [0.25, 0.3) is 0 Å². The second kappa shape index (κ2) is 4.78. The summed E-state index contributed by atoms with van der Waals surface area (Å²) in [4.78, 5) is 0. The first-order chi connectivity index (χ1) is 8.49. The normalized spacial score (nSPS) is 12.5. The van der Waals surface area contributed by atoms with Gasteiger partial charge in [0.25, 0.3) is 0 Å². The third-order valence-electron chi connectivity index (χ3n) is 2.56. The minimum absolute atomic E-state index is 0.0389. The van der Waals surface area contributed by atoms with Crippen molar-refractivity contribution in [1.29, 1.82) is 0 Å². The summed E-state index contributed by atoms with van der Waals surface area (Å²) in [7, 11) is 0. The van der Waals surface area contributed by atoms with E-state index < -0.39 is 29.3 Å². The maximum absolute atomic E-state index is 13.5. The monoisotopic (exact) mass is 255 g/mol. The molecule has 2 rings (SSSR count). The van der Waals surface area contributed by atoms with Crippen molar-refractivity contribution < 1.29 is 17.6 Å². The summed E-state index contributed by atoms with van der Waals surface area (Å²) in [5.41, 5.74) is 5.57. The van der Waals surface area contributed by atoms with Crippen LogP contribution >= 0.6 is 0 Å². The lowest BCUT2D eigenvalue weighted by atomic mass is 9.99. The molecule has 1 atom stereocenters. The van der Waals surface area contributed by atoms with Crippen molar-refractivity contribution in [2.24, 2.45) is 5.73 Å². The molecule has 0 aliphatic carbocycles. The van der Waals surface area contributed by atoms with Crippen LogP contribution in [-0.2, 0) is 0 Å². The highest BCUT2D eigenvalue weighted by molar-refractivity contribution is 5.33. The van der Waals surface area contributed by atoms with Crippen LogP contribution in [0, 0.1) is 23.3 Å². The van der Waals surface area contributed by atoms with E-state index in [2.05, 4.69) is 0 Å². The molecule has 0 heterocycles. The van der Waals surface area contributed by atoms with Crippen LogP contribution in [0.2, 0.25) is 0 Å². The van der Waals surface area contributed by atoms with Crippen LogP contribution in [0.5, 0.6) is 0 Å². The largest absolute Gasteiger partial charge is 0.320 e. The van der Waals surface area contributed by atoms with Gasteiger partial charge in [-0.1, -0.05) is 12.1 Å². The van der Waals surface area contributed by atoms with Crippen molar-refractivity contribution in [3.05, 3.63) is 70.8 Å². The molecule has 0 aliphatic rings. The van der Waals surface area contributed by atoms with Crippen LogP contribution in [0.15, 0.2) is 36.4 Å². The first kappa shape index (κ1) is 12.6. The number of halogens is 4. The zero-order valence-electron chi connectivity index (χ0n) is 9.13. The van der Waals surface area contributed by atoms with Gasteiger partial charge in [0, 0.05) is 11.6 Å². The Balaban J connectivity index is 2.47. The van der Waals surface area contributed by atoms with Gasteiger partial charge in [-0.2, -0.15) is 0 Å². The molecule has 0 fully saturated rings. The van der Waals surface area contributed by atoms with Crippen molar-refractivity contribution in [3.63, 3.8) is 0 Å². The highest BCUT2D eigenvalue weighted by Gasteiger charge is 2.17. The molecule has 0 amide bonds. The third kappa shape index (κ3) is 2.36. The van der Waals surface area contributed by atoms with E-state index in [-0.39, 0.29) is 11.1 Å². The number of rotatable bonds is 2. The molecule has 2 aromatic carbocycles.